The molecule has 17 heavy (non-hydrogen) atoms. The van der Waals surface area contributed by atoms with E-state index < -0.39 is 6.10 Å². The maximum Gasteiger partial charge on any atom is 0.126 e. The lowest BCUT2D eigenvalue weighted by molar-refractivity contribution is 0.208. The Hall–Kier alpha value is -1.33. The zero-order chi connectivity index (χ0) is 12.7. The van der Waals surface area contributed by atoms with Crippen LogP contribution in [0.2, 0.25) is 5.02 Å². The normalized spacial score (nSPS) is 13.1. The summed E-state index contributed by atoms with van der Waals surface area (Å²) >= 11 is 6.03. The van der Waals surface area contributed by atoms with Crippen molar-refractivity contribution in [2.45, 2.75) is 20.0 Å². The SMILES string of the molecule is Cc1nn(C)c(C)c1C(O)c1c(Cl)cnn1C. The predicted molar refractivity (Wildman–Crippen MR) is 65.0 cm³/mol. The Morgan fingerprint density at radius 1 is 1.29 bits per heavy atom. The first-order valence-corrected chi connectivity index (χ1v) is 5.66. The number of hydrogen-bond donors (Lipinski definition) is 1. The standard InChI is InChI=1S/C11H15ClN4O/c1-6-9(7(2)15(3)14-6)11(17)10-8(12)5-13-16(10)4/h5,11,17H,1-4H3. The Labute approximate surface area is 105 Å². The van der Waals surface area contributed by atoms with Crippen molar-refractivity contribution in [2.24, 2.45) is 14.1 Å². The van der Waals surface area contributed by atoms with Crippen LogP contribution < -0.4 is 0 Å². The molecule has 0 radical (unpaired) electrons. The monoisotopic (exact) mass is 254 g/mol. The second-order valence-electron chi connectivity index (χ2n) is 4.11. The lowest BCUT2D eigenvalue weighted by Gasteiger charge is -2.12. The zero-order valence-corrected chi connectivity index (χ0v) is 11.0. The minimum atomic E-state index is -0.802. The van der Waals surface area contributed by atoms with Gasteiger partial charge in [0.15, 0.2) is 0 Å². The molecule has 0 aliphatic heterocycles. The van der Waals surface area contributed by atoms with Crippen molar-refractivity contribution in [2.75, 3.05) is 0 Å². The van der Waals surface area contributed by atoms with E-state index >= 15 is 0 Å². The number of aliphatic hydroxyl groups is 1. The number of halogens is 1. The van der Waals surface area contributed by atoms with Gasteiger partial charge in [0, 0.05) is 25.4 Å². The van der Waals surface area contributed by atoms with Gasteiger partial charge in [0.05, 0.1) is 22.6 Å². The molecule has 0 amide bonds. The van der Waals surface area contributed by atoms with Gasteiger partial charge in [-0.05, 0) is 13.8 Å². The number of aryl methyl sites for hydroxylation is 3. The second kappa shape index (κ2) is 4.16. The van der Waals surface area contributed by atoms with E-state index in [0.717, 1.165) is 17.0 Å². The van der Waals surface area contributed by atoms with Crippen molar-refractivity contribution in [3.05, 3.63) is 33.9 Å². The van der Waals surface area contributed by atoms with E-state index in [0.29, 0.717) is 10.7 Å². The van der Waals surface area contributed by atoms with Gasteiger partial charge >= 0.3 is 0 Å². The van der Waals surface area contributed by atoms with Crippen LogP contribution in [0.1, 0.15) is 28.7 Å². The van der Waals surface area contributed by atoms with Crippen LogP contribution in [-0.4, -0.2) is 24.7 Å². The summed E-state index contributed by atoms with van der Waals surface area (Å²) in [6, 6.07) is 0. The van der Waals surface area contributed by atoms with Gasteiger partial charge in [0.2, 0.25) is 0 Å². The van der Waals surface area contributed by atoms with E-state index in [1.165, 1.54) is 6.20 Å². The topological polar surface area (TPSA) is 55.9 Å². The summed E-state index contributed by atoms with van der Waals surface area (Å²) in [5, 5.41) is 19.2. The first-order valence-electron chi connectivity index (χ1n) is 5.29. The fourth-order valence-corrected chi connectivity index (χ4v) is 2.32. The third kappa shape index (κ3) is 1.85. The largest absolute Gasteiger partial charge is 0.382 e. The second-order valence-corrected chi connectivity index (χ2v) is 4.52. The zero-order valence-electron chi connectivity index (χ0n) is 10.3. The van der Waals surface area contributed by atoms with Crippen molar-refractivity contribution >= 4 is 11.6 Å². The average Bonchev–Trinajstić information content (AvgIpc) is 2.69. The van der Waals surface area contributed by atoms with E-state index in [4.69, 9.17) is 11.6 Å². The number of aromatic nitrogens is 4. The highest BCUT2D eigenvalue weighted by Gasteiger charge is 2.24. The molecule has 1 atom stereocenters. The Balaban J connectivity index is 2.54. The van der Waals surface area contributed by atoms with Gasteiger partial charge in [0.25, 0.3) is 0 Å². The Bertz CT molecular complexity index is 539. The van der Waals surface area contributed by atoms with E-state index in [2.05, 4.69) is 10.2 Å². The minimum absolute atomic E-state index is 0.461. The number of rotatable bonds is 2. The summed E-state index contributed by atoms with van der Waals surface area (Å²) in [6.07, 6.45) is 0.727. The maximum atomic E-state index is 10.4. The highest BCUT2D eigenvalue weighted by molar-refractivity contribution is 6.31. The molecule has 1 unspecified atom stereocenters. The molecule has 0 saturated heterocycles. The molecule has 0 bridgehead atoms. The van der Waals surface area contributed by atoms with E-state index in [9.17, 15) is 5.11 Å². The van der Waals surface area contributed by atoms with Crippen LogP contribution in [-0.2, 0) is 14.1 Å². The van der Waals surface area contributed by atoms with Crippen molar-refractivity contribution in [3.8, 4) is 0 Å². The van der Waals surface area contributed by atoms with E-state index in [-0.39, 0.29) is 0 Å². The molecule has 2 rings (SSSR count). The molecule has 0 saturated carbocycles. The van der Waals surface area contributed by atoms with Gasteiger partial charge in [-0.15, -0.1) is 0 Å². The predicted octanol–water partition coefficient (Wildman–Crippen LogP) is 1.51. The maximum absolute atomic E-state index is 10.4. The molecule has 2 aromatic rings. The lowest BCUT2D eigenvalue weighted by Crippen LogP contribution is -2.09. The highest BCUT2D eigenvalue weighted by atomic mass is 35.5. The molecule has 0 aliphatic rings. The van der Waals surface area contributed by atoms with E-state index in [1.807, 2.05) is 20.9 Å². The van der Waals surface area contributed by atoms with Gasteiger partial charge in [-0.1, -0.05) is 11.6 Å². The van der Waals surface area contributed by atoms with Gasteiger partial charge < -0.3 is 5.11 Å². The average molecular weight is 255 g/mol. The number of aliphatic hydroxyl groups excluding tert-OH is 1. The summed E-state index contributed by atoms with van der Waals surface area (Å²) < 4.78 is 3.33. The number of nitrogens with zero attached hydrogens (tertiary/aromatic N) is 4. The summed E-state index contributed by atoms with van der Waals surface area (Å²) in [5.41, 5.74) is 3.10. The lowest BCUT2D eigenvalue weighted by atomic mass is 10.0. The van der Waals surface area contributed by atoms with Crippen LogP contribution in [0.4, 0.5) is 0 Å². The molecule has 0 aromatic carbocycles. The van der Waals surface area contributed by atoms with Crippen molar-refractivity contribution in [1.29, 1.82) is 0 Å². The van der Waals surface area contributed by atoms with Gasteiger partial charge in [-0.25, -0.2) is 0 Å². The Morgan fingerprint density at radius 2 is 1.94 bits per heavy atom. The van der Waals surface area contributed by atoms with Crippen LogP contribution in [0, 0.1) is 13.8 Å². The van der Waals surface area contributed by atoms with Gasteiger partial charge in [-0.2, -0.15) is 10.2 Å². The molecule has 0 fully saturated rings. The van der Waals surface area contributed by atoms with Crippen molar-refractivity contribution in [1.82, 2.24) is 19.6 Å². The highest BCUT2D eigenvalue weighted by Crippen LogP contribution is 2.30. The quantitative estimate of drug-likeness (QED) is 0.884. The fraction of sp³-hybridized carbons (Fsp3) is 0.455. The molecular formula is C11H15ClN4O. The van der Waals surface area contributed by atoms with Crippen molar-refractivity contribution < 1.29 is 5.11 Å². The summed E-state index contributed by atoms with van der Waals surface area (Å²) in [7, 11) is 3.61. The molecule has 5 nitrogen and oxygen atoms in total. The molecule has 2 aromatic heterocycles. The molecule has 2 heterocycles. The third-order valence-electron chi connectivity index (χ3n) is 3.04. The smallest absolute Gasteiger partial charge is 0.126 e. The molecule has 6 heteroatoms. The van der Waals surface area contributed by atoms with Crippen molar-refractivity contribution in [3.63, 3.8) is 0 Å². The van der Waals surface area contributed by atoms with E-state index in [1.54, 1.807) is 16.4 Å². The first kappa shape index (κ1) is 12.1. The molecule has 1 N–H and O–H groups in total. The fourth-order valence-electron chi connectivity index (χ4n) is 2.05. The Morgan fingerprint density at radius 3 is 2.35 bits per heavy atom. The summed E-state index contributed by atoms with van der Waals surface area (Å²) in [6.45, 7) is 3.79. The van der Waals surface area contributed by atoms with Crippen LogP contribution in [0.25, 0.3) is 0 Å². The summed E-state index contributed by atoms with van der Waals surface area (Å²) in [4.78, 5) is 0. The minimum Gasteiger partial charge on any atom is -0.382 e. The Kier molecular flexibility index (Phi) is 2.97. The summed E-state index contributed by atoms with van der Waals surface area (Å²) in [5.74, 6) is 0. The third-order valence-corrected chi connectivity index (χ3v) is 3.33. The first-order chi connectivity index (χ1) is 7.93. The van der Waals surface area contributed by atoms with Gasteiger partial charge in [-0.3, -0.25) is 9.36 Å². The molecule has 0 aliphatic carbocycles. The number of hydrogen-bond acceptors (Lipinski definition) is 3. The van der Waals surface area contributed by atoms with Crippen LogP contribution in [0.3, 0.4) is 0 Å². The van der Waals surface area contributed by atoms with Crippen LogP contribution >= 0.6 is 11.6 Å². The molecule has 92 valence electrons. The van der Waals surface area contributed by atoms with Gasteiger partial charge in [0.1, 0.15) is 6.10 Å². The molecule has 0 spiro atoms. The molecular weight excluding hydrogens is 240 g/mol. The van der Waals surface area contributed by atoms with Crippen LogP contribution in [0.15, 0.2) is 6.20 Å². The van der Waals surface area contributed by atoms with Crippen LogP contribution in [0.5, 0.6) is 0 Å².